The molecule has 320 valence electrons. The van der Waals surface area contributed by atoms with Crippen molar-refractivity contribution >= 4 is 50.6 Å². The fourth-order valence-corrected chi connectivity index (χ4v) is 9.11. The molecule has 2 aliphatic rings. The van der Waals surface area contributed by atoms with Gasteiger partial charge in [0.15, 0.2) is 50.6 Å². The Hall–Kier alpha value is -4.38. The highest BCUT2D eigenvalue weighted by molar-refractivity contribution is 6.74. The van der Waals surface area contributed by atoms with Crippen LogP contribution in [0.4, 0.5) is 0 Å². The van der Waals surface area contributed by atoms with Crippen LogP contribution in [-0.2, 0) is 35.4 Å². The van der Waals surface area contributed by atoms with E-state index in [0.717, 1.165) is 31.5 Å². The molecule has 0 spiro atoms. The molecule has 6 aromatic rings. The van der Waals surface area contributed by atoms with Crippen LogP contribution in [0.2, 0.25) is 36.3 Å². The quantitative estimate of drug-likeness (QED) is 0.120. The van der Waals surface area contributed by atoms with Crippen molar-refractivity contribution in [2.75, 3.05) is 0 Å². The number of rotatable bonds is 9. The first-order valence-corrected chi connectivity index (χ1v) is 26.2. The van der Waals surface area contributed by atoms with E-state index >= 15 is 0 Å². The number of aromatic amines is 1. The second-order valence-corrected chi connectivity index (χ2v) is 28.3. The van der Waals surface area contributed by atoms with E-state index < -0.39 is 16.6 Å². The first-order valence-electron chi connectivity index (χ1n) is 19.8. The average Bonchev–Trinajstić information content (AvgIpc) is 3.93. The lowest BCUT2D eigenvalue weighted by molar-refractivity contribution is 0.0800. The Morgan fingerprint density at radius 2 is 1.19 bits per heavy atom. The van der Waals surface area contributed by atoms with E-state index in [2.05, 4.69) is 113 Å². The number of hydrogen-bond acceptors (Lipinski definition) is 14. The predicted octanol–water partition coefficient (Wildman–Crippen LogP) is 6.56. The third-order valence-corrected chi connectivity index (χ3v) is 21.4. The van der Waals surface area contributed by atoms with Crippen molar-refractivity contribution in [3.8, 4) is 0 Å². The number of hydrogen-bond donors (Lipinski definition) is 1. The summed E-state index contributed by atoms with van der Waals surface area (Å²) in [5.74, 6) is 3.28. The molecule has 0 atom stereocenters. The van der Waals surface area contributed by atoms with Crippen LogP contribution in [0.25, 0.3) is 22.3 Å². The summed E-state index contributed by atoms with van der Waals surface area (Å²) in [5.41, 5.74) is 1.54. The van der Waals surface area contributed by atoms with Gasteiger partial charge >= 0.3 is 0 Å². The standard InChI is InChI=1S/C19H28N6O3Si.C13H23ClN2O2Si.C6H6N4O/c1-19(2,3)29(5,6)28-13-7-12(8-13)16-22-14(27-23-16)9-25-11-21-17-15(18(25)26)24(4)10-20-17;1-13(2,3)19(4,5)18-10-6-9(7-10)12-15-11(8-14)17-16-12;1-10-3-9-5-4(10)6(11)8-2-7-5/h10-13H,7-9H2,1-6H3;9-10H,6-8H2,1-5H3;2-3H,1H3,(H,7,8,11). The first-order chi connectivity index (χ1) is 27.6. The lowest BCUT2D eigenvalue weighted by atomic mass is 9.82. The first kappa shape index (κ1) is 44.2. The highest BCUT2D eigenvalue weighted by Gasteiger charge is 2.45. The maximum absolute atomic E-state index is 12.6. The molecule has 6 aromatic heterocycles. The van der Waals surface area contributed by atoms with Crippen LogP contribution < -0.4 is 11.1 Å². The summed E-state index contributed by atoms with van der Waals surface area (Å²) in [6.45, 7) is 22.9. The summed E-state index contributed by atoms with van der Waals surface area (Å²) < 4.78 is 28.0. The van der Waals surface area contributed by atoms with Gasteiger partial charge in [0.1, 0.15) is 18.8 Å². The molecule has 0 aromatic carbocycles. The molecular weight excluding hydrogens is 812 g/mol. The molecule has 0 bridgehead atoms. The molecular formula is C38H57ClN12O6Si2. The van der Waals surface area contributed by atoms with Crippen molar-refractivity contribution in [2.24, 2.45) is 14.1 Å². The Morgan fingerprint density at radius 3 is 1.66 bits per heavy atom. The molecule has 21 heteroatoms. The van der Waals surface area contributed by atoms with E-state index in [4.69, 9.17) is 29.5 Å². The Labute approximate surface area is 349 Å². The van der Waals surface area contributed by atoms with Crippen LogP contribution in [0.5, 0.6) is 0 Å². The highest BCUT2D eigenvalue weighted by atomic mass is 35.5. The third-order valence-electron chi connectivity index (χ3n) is 12.1. The van der Waals surface area contributed by atoms with Crippen LogP contribution in [0.1, 0.15) is 102 Å². The number of H-pyrrole nitrogens is 1. The van der Waals surface area contributed by atoms with Crippen molar-refractivity contribution in [3.05, 3.63) is 69.4 Å². The number of imidazole rings is 2. The zero-order valence-electron chi connectivity index (χ0n) is 36.1. The Bertz CT molecular complexity index is 2480. The van der Waals surface area contributed by atoms with Crippen LogP contribution >= 0.6 is 11.6 Å². The summed E-state index contributed by atoms with van der Waals surface area (Å²) in [4.78, 5) is 51.1. The summed E-state index contributed by atoms with van der Waals surface area (Å²) in [6, 6.07) is 0. The summed E-state index contributed by atoms with van der Waals surface area (Å²) >= 11 is 5.66. The lowest BCUT2D eigenvalue weighted by Gasteiger charge is -2.44. The molecule has 0 unspecified atom stereocenters. The second-order valence-electron chi connectivity index (χ2n) is 18.5. The van der Waals surface area contributed by atoms with Gasteiger partial charge < -0.3 is 32.0 Å². The van der Waals surface area contributed by atoms with Gasteiger partial charge in [0.05, 0.1) is 19.0 Å². The van der Waals surface area contributed by atoms with Crippen LogP contribution in [0.15, 0.2) is 43.9 Å². The molecule has 0 amide bonds. The van der Waals surface area contributed by atoms with Gasteiger partial charge in [-0.25, -0.2) is 19.9 Å². The molecule has 8 rings (SSSR count). The van der Waals surface area contributed by atoms with E-state index in [9.17, 15) is 9.59 Å². The van der Waals surface area contributed by atoms with E-state index in [-0.39, 0.29) is 45.6 Å². The second kappa shape index (κ2) is 16.9. The Kier molecular flexibility index (Phi) is 12.7. The molecule has 2 fully saturated rings. The van der Waals surface area contributed by atoms with Crippen LogP contribution in [-0.4, -0.2) is 87.7 Å². The third kappa shape index (κ3) is 9.82. The molecule has 59 heavy (non-hydrogen) atoms. The van der Waals surface area contributed by atoms with Crippen molar-refractivity contribution in [1.29, 1.82) is 0 Å². The molecule has 6 heterocycles. The zero-order valence-corrected chi connectivity index (χ0v) is 38.9. The van der Waals surface area contributed by atoms with Crippen molar-refractivity contribution in [2.45, 2.75) is 140 Å². The van der Waals surface area contributed by atoms with Crippen molar-refractivity contribution < 1.29 is 17.9 Å². The molecule has 18 nitrogen and oxygen atoms in total. The van der Waals surface area contributed by atoms with Gasteiger partial charge in [0.25, 0.3) is 11.1 Å². The number of nitrogens with zero attached hydrogens (tertiary/aromatic N) is 11. The smallest absolute Gasteiger partial charge is 0.280 e. The minimum atomic E-state index is -1.76. The van der Waals surface area contributed by atoms with Gasteiger partial charge in [-0.2, -0.15) is 9.97 Å². The summed E-state index contributed by atoms with van der Waals surface area (Å²) in [7, 11) is 0.113. The number of nitrogens with one attached hydrogen (secondary N) is 1. The molecule has 0 saturated heterocycles. The molecule has 2 saturated carbocycles. The molecule has 0 aliphatic heterocycles. The van der Waals surface area contributed by atoms with Gasteiger partial charge in [0.2, 0.25) is 11.8 Å². The van der Waals surface area contributed by atoms with Crippen LogP contribution in [0.3, 0.4) is 0 Å². The molecule has 0 radical (unpaired) electrons. The fraction of sp³-hybridized carbons (Fsp3) is 0.632. The van der Waals surface area contributed by atoms with Crippen LogP contribution in [0, 0.1) is 0 Å². The predicted molar refractivity (Wildman–Crippen MR) is 227 cm³/mol. The van der Waals surface area contributed by atoms with E-state index in [0.29, 0.717) is 52.0 Å². The van der Waals surface area contributed by atoms with Crippen molar-refractivity contribution in [1.82, 2.24) is 58.9 Å². The normalized spacial score (nSPS) is 19.7. The fourth-order valence-electron chi connectivity index (χ4n) is 6.24. The van der Waals surface area contributed by atoms with E-state index in [1.54, 1.807) is 35.9 Å². The van der Waals surface area contributed by atoms with Gasteiger partial charge in [-0.3, -0.25) is 14.2 Å². The van der Waals surface area contributed by atoms with Gasteiger partial charge in [-0.15, -0.1) is 11.6 Å². The Morgan fingerprint density at radius 1 is 0.729 bits per heavy atom. The minimum Gasteiger partial charge on any atom is -0.414 e. The van der Waals surface area contributed by atoms with Gasteiger partial charge in [-0.05, 0) is 61.9 Å². The van der Waals surface area contributed by atoms with E-state index in [1.807, 2.05) is 0 Å². The lowest BCUT2D eigenvalue weighted by Crippen LogP contribution is -2.47. The summed E-state index contributed by atoms with van der Waals surface area (Å²) in [6.07, 6.45) is 10.4. The number of alkyl halides is 1. The van der Waals surface area contributed by atoms with Gasteiger partial charge in [0, 0.05) is 38.1 Å². The Balaban J connectivity index is 0.000000166. The SMILES string of the molecule is CC(C)(C)[Si](C)(C)OC1CC(c2noc(CCl)n2)C1.Cn1cnc2nc[nH]c(=O)c21.Cn1cnc2ncn(Cc3nc(C4CC(O[Si](C)(C)C(C)(C)C)C4)no3)c(=O)c21. The molecule has 2 aliphatic carbocycles. The maximum atomic E-state index is 12.6. The minimum absolute atomic E-state index is 0.157. The van der Waals surface area contributed by atoms with Crippen molar-refractivity contribution in [3.63, 3.8) is 0 Å². The number of halogens is 1. The number of aryl methyl sites for hydroxylation is 2. The summed E-state index contributed by atoms with van der Waals surface area (Å²) in [5, 5.41) is 8.57. The van der Waals surface area contributed by atoms with E-state index in [1.165, 1.54) is 17.2 Å². The topological polar surface area (TPSA) is 213 Å². The number of fused-ring (bicyclic) bond motifs is 2. The zero-order chi connectivity index (χ0) is 43.1. The maximum Gasteiger partial charge on any atom is 0.280 e. The molecule has 1 N–H and O–H groups in total. The largest absolute Gasteiger partial charge is 0.414 e. The van der Waals surface area contributed by atoms with Gasteiger partial charge in [-0.1, -0.05) is 51.9 Å². The number of aromatic nitrogens is 12. The highest BCUT2D eigenvalue weighted by Crippen LogP contribution is 2.45. The monoisotopic (exact) mass is 868 g/mol. The average molecular weight is 870 g/mol.